The molecule has 1 aliphatic rings. The first-order valence-corrected chi connectivity index (χ1v) is 11.3. The van der Waals surface area contributed by atoms with E-state index in [9.17, 15) is 0 Å². The van der Waals surface area contributed by atoms with E-state index < -0.39 is 0 Å². The zero-order valence-electron chi connectivity index (χ0n) is 19.7. The number of rotatable bonds is 7. The van der Waals surface area contributed by atoms with E-state index in [1.165, 1.54) is 5.56 Å². The lowest BCUT2D eigenvalue weighted by atomic mass is 10.0. The third-order valence-electron chi connectivity index (χ3n) is 5.86. The fraction of sp³-hybridized carbons (Fsp3) is 0.520. The summed E-state index contributed by atoms with van der Waals surface area (Å²) in [7, 11) is 1.84. The van der Waals surface area contributed by atoms with Gasteiger partial charge in [-0.15, -0.1) is 0 Å². The van der Waals surface area contributed by atoms with E-state index in [4.69, 9.17) is 0 Å². The molecule has 1 aliphatic heterocycles. The summed E-state index contributed by atoms with van der Waals surface area (Å²) in [6, 6.07) is 17.5. The molecule has 0 bridgehead atoms. The topological polar surface area (TPSA) is 64.6 Å². The molecule has 6 heteroatoms. The molecule has 1 atom stereocenters. The first-order valence-electron chi connectivity index (χ1n) is 11.3. The Kier molecular flexibility index (Phi) is 7.91. The van der Waals surface area contributed by atoms with E-state index in [0.717, 1.165) is 49.9 Å². The Morgan fingerprint density at radius 2 is 1.84 bits per heavy atom. The number of nitrogens with zero attached hydrogens (tertiary/aromatic N) is 3. The molecule has 3 rings (SSSR count). The summed E-state index contributed by atoms with van der Waals surface area (Å²) in [6.07, 6.45) is 2.14. The molecule has 0 spiro atoms. The number of guanidine groups is 1. The van der Waals surface area contributed by atoms with Crippen LogP contribution in [0.25, 0.3) is 0 Å². The van der Waals surface area contributed by atoms with Crippen molar-refractivity contribution in [3.63, 3.8) is 0 Å². The highest BCUT2D eigenvalue weighted by molar-refractivity contribution is 5.80. The van der Waals surface area contributed by atoms with E-state index in [1.54, 1.807) is 0 Å². The zero-order valence-corrected chi connectivity index (χ0v) is 19.7. The molecule has 2 heterocycles. The lowest BCUT2D eigenvalue weighted by Crippen LogP contribution is -2.54. The van der Waals surface area contributed by atoms with Gasteiger partial charge in [0, 0.05) is 50.0 Å². The highest BCUT2D eigenvalue weighted by Gasteiger charge is 2.23. The molecule has 1 fully saturated rings. The fourth-order valence-corrected chi connectivity index (χ4v) is 4.11. The normalized spacial score (nSPS) is 16.8. The molecule has 0 amide bonds. The van der Waals surface area contributed by atoms with Gasteiger partial charge < -0.3 is 20.9 Å². The molecular weight excluding hydrogens is 384 g/mol. The average Bonchev–Trinajstić information content (AvgIpc) is 2.77. The maximum atomic E-state index is 4.66. The van der Waals surface area contributed by atoms with Crippen molar-refractivity contribution in [2.45, 2.75) is 58.2 Å². The third kappa shape index (κ3) is 6.96. The molecule has 168 valence electrons. The fourth-order valence-electron chi connectivity index (χ4n) is 4.11. The summed E-state index contributed by atoms with van der Waals surface area (Å²) in [5, 5.41) is 10.9. The smallest absolute Gasteiger partial charge is 0.191 e. The number of pyridine rings is 1. The van der Waals surface area contributed by atoms with Crippen LogP contribution >= 0.6 is 0 Å². The highest BCUT2D eigenvalue weighted by atomic mass is 15.2. The van der Waals surface area contributed by atoms with Crippen LogP contribution in [0.15, 0.2) is 53.5 Å². The van der Waals surface area contributed by atoms with Gasteiger partial charge in [0.15, 0.2) is 5.96 Å². The van der Waals surface area contributed by atoms with Crippen molar-refractivity contribution in [1.29, 1.82) is 0 Å². The van der Waals surface area contributed by atoms with Gasteiger partial charge >= 0.3 is 0 Å². The number of hydrogen-bond acceptors (Lipinski definition) is 4. The van der Waals surface area contributed by atoms with Gasteiger partial charge in [-0.2, -0.15) is 0 Å². The second-order valence-corrected chi connectivity index (χ2v) is 9.13. The predicted octanol–water partition coefficient (Wildman–Crippen LogP) is 3.65. The van der Waals surface area contributed by atoms with Crippen molar-refractivity contribution in [3.8, 4) is 0 Å². The Morgan fingerprint density at radius 3 is 2.48 bits per heavy atom. The summed E-state index contributed by atoms with van der Waals surface area (Å²) >= 11 is 0. The molecule has 2 aromatic rings. The molecule has 0 radical (unpaired) electrons. The van der Waals surface area contributed by atoms with Crippen molar-refractivity contribution in [2.75, 3.05) is 31.6 Å². The van der Waals surface area contributed by atoms with Crippen molar-refractivity contribution in [1.82, 2.24) is 20.9 Å². The van der Waals surface area contributed by atoms with Crippen molar-refractivity contribution in [2.24, 2.45) is 4.99 Å². The molecular formula is C25H38N6. The van der Waals surface area contributed by atoms with Crippen LogP contribution < -0.4 is 20.9 Å². The molecule has 3 N–H and O–H groups in total. The van der Waals surface area contributed by atoms with Crippen molar-refractivity contribution >= 4 is 11.8 Å². The largest absolute Gasteiger partial charge is 0.356 e. The van der Waals surface area contributed by atoms with Crippen LogP contribution in [-0.4, -0.2) is 49.2 Å². The molecule has 0 aliphatic carbocycles. The van der Waals surface area contributed by atoms with Crippen LogP contribution in [0.2, 0.25) is 0 Å². The predicted molar refractivity (Wildman–Crippen MR) is 131 cm³/mol. The number of hydrogen-bond donors (Lipinski definition) is 3. The number of aromatic nitrogens is 1. The van der Waals surface area contributed by atoms with Gasteiger partial charge in [-0.05, 0) is 58.2 Å². The number of aryl methyl sites for hydroxylation is 1. The van der Waals surface area contributed by atoms with Crippen LogP contribution in [-0.2, 0) is 0 Å². The van der Waals surface area contributed by atoms with Crippen LogP contribution in [0.4, 0.5) is 5.82 Å². The quantitative estimate of drug-likeness (QED) is 0.470. The second-order valence-electron chi connectivity index (χ2n) is 9.13. The molecule has 1 aromatic carbocycles. The highest BCUT2D eigenvalue weighted by Crippen LogP contribution is 2.18. The maximum Gasteiger partial charge on any atom is 0.191 e. The Bertz CT molecular complexity index is 840. The van der Waals surface area contributed by atoms with Gasteiger partial charge in [0.1, 0.15) is 5.82 Å². The maximum absolute atomic E-state index is 4.66. The standard InChI is InChI=1S/C25H38N6/c1-19-10-9-13-23(28-19)31-16-14-22(15-17-31)29-24(26-5)27-18-25(3,4)30-20(2)21-11-7-6-8-12-21/h6-13,20,22,30H,14-18H2,1-5H3,(H2,26,27,29). The number of nitrogens with one attached hydrogen (secondary N) is 3. The van der Waals surface area contributed by atoms with Crippen LogP contribution in [0.5, 0.6) is 0 Å². The van der Waals surface area contributed by atoms with E-state index in [0.29, 0.717) is 6.04 Å². The van der Waals surface area contributed by atoms with Crippen LogP contribution in [0.3, 0.4) is 0 Å². The summed E-state index contributed by atoms with van der Waals surface area (Å²) in [5.74, 6) is 1.95. The van der Waals surface area contributed by atoms with Gasteiger partial charge in [-0.3, -0.25) is 4.99 Å². The van der Waals surface area contributed by atoms with Gasteiger partial charge in [0.2, 0.25) is 0 Å². The minimum Gasteiger partial charge on any atom is -0.356 e. The zero-order chi connectivity index (χ0) is 22.3. The minimum absolute atomic E-state index is 0.0763. The SMILES string of the molecule is CN=C(NCC(C)(C)NC(C)c1ccccc1)NC1CCN(c2cccc(C)n2)CC1. The van der Waals surface area contributed by atoms with Crippen molar-refractivity contribution < 1.29 is 0 Å². The van der Waals surface area contributed by atoms with E-state index >= 15 is 0 Å². The third-order valence-corrected chi connectivity index (χ3v) is 5.86. The number of benzene rings is 1. The molecule has 1 aromatic heterocycles. The first-order chi connectivity index (χ1) is 14.9. The monoisotopic (exact) mass is 422 g/mol. The Balaban J connectivity index is 1.45. The van der Waals surface area contributed by atoms with E-state index in [2.05, 4.69) is 94.1 Å². The van der Waals surface area contributed by atoms with Gasteiger partial charge in [0.05, 0.1) is 0 Å². The molecule has 0 saturated carbocycles. The summed E-state index contributed by atoms with van der Waals surface area (Å²) < 4.78 is 0. The first kappa shape index (κ1) is 23.1. The average molecular weight is 423 g/mol. The second kappa shape index (κ2) is 10.6. The molecule has 1 saturated heterocycles. The Hall–Kier alpha value is -2.60. The summed E-state index contributed by atoms with van der Waals surface area (Å²) in [4.78, 5) is 11.5. The molecule has 31 heavy (non-hydrogen) atoms. The number of anilines is 1. The Morgan fingerprint density at radius 1 is 1.13 bits per heavy atom. The van der Waals surface area contributed by atoms with Gasteiger partial charge in [0.25, 0.3) is 0 Å². The minimum atomic E-state index is -0.0763. The van der Waals surface area contributed by atoms with E-state index in [1.807, 2.05) is 20.0 Å². The lowest BCUT2D eigenvalue weighted by molar-refractivity contribution is 0.343. The molecule has 1 unspecified atom stereocenters. The molecule has 6 nitrogen and oxygen atoms in total. The van der Waals surface area contributed by atoms with E-state index in [-0.39, 0.29) is 11.6 Å². The van der Waals surface area contributed by atoms with Gasteiger partial charge in [-0.25, -0.2) is 4.98 Å². The number of aliphatic imine (C=N–C) groups is 1. The van der Waals surface area contributed by atoms with Crippen molar-refractivity contribution in [3.05, 3.63) is 59.8 Å². The number of piperidine rings is 1. The lowest BCUT2D eigenvalue weighted by Gasteiger charge is -2.35. The van der Waals surface area contributed by atoms with Gasteiger partial charge in [-0.1, -0.05) is 36.4 Å². The van der Waals surface area contributed by atoms with Crippen LogP contribution in [0, 0.1) is 6.92 Å². The Labute approximate surface area is 187 Å². The summed E-state index contributed by atoms with van der Waals surface area (Å²) in [5.41, 5.74) is 2.29. The summed E-state index contributed by atoms with van der Waals surface area (Å²) in [6.45, 7) is 11.5. The van der Waals surface area contributed by atoms with Crippen LogP contribution in [0.1, 0.15) is 50.9 Å².